The fourth-order valence-electron chi connectivity index (χ4n) is 7.26. The van der Waals surface area contributed by atoms with Gasteiger partial charge in [-0.25, -0.2) is 0 Å². The molecule has 0 aliphatic rings. The maximum absolute atomic E-state index is 12.8. The Bertz CT molecular complexity index is 1130. The molecule has 0 N–H and O–H groups in total. The third kappa shape index (κ3) is 48.1. The number of allylic oxidation sites excluding steroid dienone is 10. The summed E-state index contributed by atoms with van der Waals surface area (Å²) in [7, 11) is 0. The van der Waals surface area contributed by atoms with Crippen molar-refractivity contribution in [3.63, 3.8) is 0 Å². The molecule has 0 bridgehead atoms. The van der Waals surface area contributed by atoms with Gasteiger partial charge in [0.05, 0.1) is 0 Å². The van der Waals surface area contributed by atoms with Crippen LogP contribution in [-0.2, 0) is 28.6 Å². The number of esters is 3. The van der Waals surface area contributed by atoms with E-state index in [1.807, 2.05) is 0 Å². The van der Waals surface area contributed by atoms with Crippen molar-refractivity contribution in [2.45, 2.75) is 264 Å². The van der Waals surface area contributed by atoms with Gasteiger partial charge in [-0.1, -0.05) is 204 Å². The minimum absolute atomic E-state index is 0.0880. The van der Waals surface area contributed by atoms with Crippen molar-refractivity contribution < 1.29 is 28.6 Å². The Morgan fingerprint density at radius 2 is 0.645 bits per heavy atom. The number of unbranched alkanes of at least 4 members (excludes halogenated alkanes) is 26. The molecule has 0 saturated carbocycles. The van der Waals surface area contributed by atoms with Crippen LogP contribution in [0.1, 0.15) is 258 Å². The second-order valence-electron chi connectivity index (χ2n) is 17.4. The largest absolute Gasteiger partial charge is 0.462 e. The Kier molecular flexibility index (Phi) is 48.4. The van der Waals surface area contributed by atoms with E-state index >= 15 is 0 Å². The SMILES string of the molecule is CC/C=C\C/C=C\C/C=C\CCCCCCC(=O)OC(COC(=O)CCCCCCC/C=C\CCCC)COC(=O)CCCCCCCCC/C=C\CCCCCCCCCC. The molecule has 1 unspecified atom stereocenters. The van der Waals surface area contributed by atoms with E-state index in [2.05, 4.69) is 81.5 Å². The van der Waals surface area contributed by atoms with Crippen LogP contribution in [0.4, 0.5) is 0 Å². The maximum Gasteiger partial charge on any atom is 0.306 e. The first-order valence-corrected chi connectivity index (χ1v) is 26.3. The summed E-state index contributed by atoms with van der Waals surface area (Å²) in [6.45, 7) is 6.46. The van der Waals surface area contributed by atoms with Crippen molar-refractivity contribution in [1.82, 2.24) is 0 Å². The molecule has 0 aromatic rings. The van der Waals surface area contributed by atoms with Crippen molar-refractivity contribution in [2.75, 3.05) is 13.2 Å². The lowest BCUT2D eigenvalue weighted by atomic mass is 10.1. The van der Waals surface area contributed by atoms with Gasteiger partial charge in [-0.05, 0) is 96.3 Å². The van der Waals surface area contributed by atoms with Crippen LogP contribution in [0.25, 0.3) is 0 Å². The van der Waals surface area contributed by atoms with Gasteiger partial charge in [0.1, 0.15) is 13.2 Å². The number of hydrogen-bond acceptors (Lipinski definition) is 6. The van der Waals surface area contributed by atoms with Crippen LogP contribution in [0, 0.1) is 0 Å². The summed E-state index contributed by atoms with van der Waals surface area (Å²) < 4.78 is 16.8. The predicted octanol–water partition coefficient (Wildman–Crippen LogP) is 17.3. The molecule has 358 valence electrons. The van der Waals surface area contributed by atoms with Crippen LogP contribution >= 0.6 is 0 Å². The first-order valence-electron chi connectivity index (χ1n) is 26.3. The lowest BCUT2D eigenvalue weighted by Gasteiger charge is -2.18. The van der Waals surface area contributed by atoms with E-state index in [0.717, 1.165) is 96.3 Å². The molecule has 0 fully saturated rings. The highest BCUT2D eigenvalue weighted by Crippen LogP contribution is 2.14. The second-order valence-corrected chi connectivity index (χ2v) is 17.4. The van der Waals surface area contributed by atoms with Crippen LogP contribution in [0.3, 0.4) is 0 Å². The topological polar surface area (TPSA) is 78.9 Å². The van der Waals surface area contributed by atoms with Gasteiger partial charge in [0.25, 0.3) is 0 Å². The van der Waals surface area contributed by atoms with E-state index in [9.17, 15) is 14.4 Å². The second kappa shape index (κ2) is 50.8. The minimum atomic E-state index is -0.789. The Labute approximate surface area is 383 Å². The molecule has 0 aliphatic carbocycles. The molecule has 6 heteroatoms. The van der Waals surface area contributed by atoms with E-state index in [4.69, 9.17) is 14.2 Å². The molecule has 0 rings (SSSR count). The van der Waals surface area contributed by atoms with Crippen molar-refractivity contribution in [3.8, 4) is 0 Å². The van der Waals surface area contributed by atoms with Gasteiger partial charge in [0.15, 0.2) is 6.10 Å². The molecule has 0 spiro atoms. The third-order valence-corrected chi connectivity index (χ3v) is 11.2. The molecule has 1 atom stereocenters. The summed E-state index contributed by atoms with van der Waals surface area (Å²) in [5.41, 5.74) is 0. The van der Waals surface area contributed by atoms with Gasteiger partial charge in [-0.15, -0.1) is 0 Å². The van der Waals surface area contributed by atoms with Gasteiger partial charge in [-0.2, -0.15) is 0 Å². The van der Waals surface area contributed by atoms with E-state index in [-0.39, 0.29) is 31.1 Å². The van der Waals surface area contributed by atoms with Gasteiger partial charge in [-0.3, -0.25) is 14.4 Å². The standard InChI is InChI=1S/C56H98O6/c1-4-7-10-13-16-19-22-24-26-27-28-29-30-32-34-37-40-43-46-49-55(58)61-52-53(51-60-54(57)48-45-42-39-36-33-21-18-15-12-9-6-3)62-56(59)50-47-44-41-38-35-31-25-23-20-17-14-11-8-5-2/h8,11,15,17-18,20,25,27-28,31,53H,4-7,9-10,12-14,16,19,21-24,26,29-30,32-52H2,1-3H3/b11-8-,18-15-,20-17-,28-27-,31-25-. The molecule has 0 heterocycles. The average Bonchev–Trinajstić information content (AvgIpc) is 3.27. The number of rotatable bonds is 47. The van der Waals surface area contributed by atoms with E-state index < -0.39 is 6.10 Å². The van der Waals surface area contributed by atoms with Gasteiger partial charge in [0.2, 0.25) is 0 Å². The molecule has 6 nitrogen and oxygen atoms in total. The minimum Gasteiger partial charge on any atom is -0.462 e. The van der Waals surface area contributed by atoms with E-state index in [0.29, 0.717) is 19.3 Å². The number of carbonyl (C=O) groups excluding carboxylic acids is 3. The van der Waals surface area contributed by atoms with Gasteiger partial charge in [0, 0.05) is 19.3 Å². The van der Waals surface area contributed by atoms with Gasteiger partial charge < -0.3 is 14.2 Å². The zero-order valence-electron chi connectivity index (χ0n) is 40.9. The van der Waals surface area contributed by atoms with Crippen LogP contribution in [0.2, 0.25) is 0 Å². The van der Waals surface area contributed by atoms with Crippen molar-refractivity contribution >= 4 is 17.9 Å². The molecular weight excluding hydrogens is 769 g/mol. The van der Waals surface area contributed by atoms with Crippen LogP contribution in [0.5, 0.6) is 0 Å². The molecular formula is C56H98O6. The normalized spacial score (nSPS) is 12.5. The predicted molar refractivity (Wildman–Crippen MR) is 265 cm³/mol. The summed E-state index contributed by atoms with van der Waals surface area (Å²) in [5, 5.41) is 0. The van der Waals surface area contributed by atoms with Crippen LogP contribution < -0.4 is 0 Å². The van der Waals surface area contributed by atoms with Gasteiger partial charge >= 0.3 is 17.9 Å². The molecule has 62 heavy (non-hydrogen) atoms. The van der Waals surface area contributed by atoms with Crippen molar-refractivity contribution in [1.29, 1.82) is 0 Å². The summed E-state index contributed by atoms with van der Waals surface area (Å²) in [4.78, 5) is 37.9. The number of hydrogen-bond donors (Lipinski definition) is 0. The average molecular weight is 867 g/mol. The Morgan fingerprint density at radius 1 is 0.339 bits per heavy atom. The summed E-state index contributed by atoms with van der Waals surface area (Å²) in [6.07, 6.45) is 62.1. The summed E-state index contributed by atoms with van der Waals surface area (Å²) in [6, 6.07) is 0. The fourth-order valence-corrected chi connectivity index (χ4v) is 7.26. The first kappa shape index (κ1) is 59.1. The number of carbonyl (C=O) groups is 3. The van der Waals surface area contributed by atoms with Crippen molar-refractivity contribution in [3.05, 3.63) is 60.8 Å². The highest BCUT2D eigenvalue weighted by atomic mass is 16.6. The highest BCUT2D eigenvalue weighted by molar-refractivity contribution is 5.71. The van der Waals surface area contributed by atoms with Crippen molar-refractivity contribution in [2.24, 2.45) is 0 Å². The third-order valence-electron chi connectivity index (χ3n) is 11.2. The lowest BCUT2D eigenvalue weighted by molar-refractivity contribution is -0.167. The smallest absolute Gasteiger partial charge is 0.306 e. The maximum atomic E-state index is 12.8. The highest BCUT2D eigenvalue weighted by Gasteiger charge is 2.19. The summed E-state index contributed by atoms with van der Waals surface area (Å²) in [5.74, 6) is -0.921. The molecule has 0 amide bonds. The molecule has 0 saturated heterocycles. The monoisotopic (exact) mass is 867 g/mol. The van der Waals surface area contributed by atoms with E-state index in [1.54, 1.807) is 0 Å². The van der Waals surface area contributed by atoms with Crippen LogP contribution in [0.15, 0.2) is 60.8 Å². The molecule has 0 aromatic carbocycles. The molecule has 0 aromatic heterocycles. The fraction of sp³-hybridized carbons (Fsp3) is 0.768. The quantitative estimate of drug-likeness (QED) is 0.0262. The van der Waals surface area contributed by atoms with Crippen LogP contribution in [-0.4, -0.2) is 37.2 Å². The zero-order valence-corrected chi connectivity index (χ0v) is 40.9. The van der Waals surface area contributed by atoms with E-state index in [1.165, 1.54) is 122 Å². The Morgan fingerprint density at radius 3 is 1.05 bits per heavy atom. The summed E-state index contributed by atoms with van der Waals surface area (Å²) >= 11 is 0. The Balaban J connectivity index is 4.36. The Hall–Kier alpha value is -2.89. The first-order chi connectivity index (χ1) is 30.5. The zero-order chi connectivity index (χ0) is 45.1. The number of ether oxygens (including phenoxy) is 3. The molecule has 0 aliphatic heterocycles. The lowest BCUT2D eigenvalue weighted by Crippen LogP contribution is -2.30. The molecule has 0 radical (unpaired) electrons.